The SMILES string of the molecule is CCOC(CC)C(Cc1nc2ccccc2n1C)NN. The summed E-state index contributed by atoms with van der Waals surface area (Å²) in [6.45, 7) is 4.81. The second kappa shape index (κ2) is 6.83. The summed E-state index contributed by atoms with van der Waals surface area (Å²) in [5.41, 5.74) is 5.04. The fourth-order valence-electron chi connectivity index (χ4n) is 2.60. The smallest absolute Gasteiger partial charge is 0.111 e. The molecule has 110 valence electrons. The van der Waals surface area contributed by atoms with Crippen molar-refractivity contribution in [3.05, 3.63) is 30.1 Å². The van der Waals surface area contributed by atoms with Gasteiger partial charge >= 0.3 is 0 Å². The second-order valence-corrected chi connectivity index (χ2v) is 4.96. The molecule has 2 atom stereocenters. The average molecular weight is 276 g/mol. The molecule has 20 heavy (non-hydrogen) atoms. The largest absolute Gasteiger partial charge is 0.377 e. The quantitative estimate of drug-likeness (QED) is 0.597. The van der Waals surface area contributed by atoms with Crippen molar-refractivity contribution in [2.45, 2.75) is 38.8 Å². The molecular formula is C15H24N4O. The van der Waals surface area contributed by atoms with E-state index in [1.807, 2.05) is 32.2 Å². The van der Waals surface area contributed by atoms with Crippen LogP contribution in [0.3, 0.4) is 0 Å². The van der Waals surface area contributed by atoms with Crippen LogP contribution in [0.1, 0.15) is 26.1 Å². The van der Waals surface area contributed by atoms with Crippen LogP contribution in [0.5, 0.6) is 0 Å². The molecule has 0 bridgehead atoms. The molecule has 2 aromatic rings. The lowest BCUT2D eigenvalue weighted by Crippen LogP contribution is -2.46. The Kier molecular flexibility index (Phi) is 5.11. The van der Waals surface area contributed by atoms with Crippen LogP contribution >= 0.6 is 0 Å². The van der Waals surface area contributed by atoms with Gasteiger partial charge in [0.1, 0.15) is 5.82 Å². The number of para-hydroxylation sites is 2. The number of hydrogen-bond acceptors (Lipinski definition) is 4. The Balaban J connectivity index is 2.22. The minimum Gasteiger partial charge on any atom is -0.377 e. The number of hydrogen-bond donors (Lipinski definition) is 2. The van der Waals surface area contributed by atoms with E-state index < -0.39 is 0 Å². The van der Waals surface area contributed by atoms with Crippen LogP contribution in [0.25, 0.3) is 11.0 Å². The monoisotopic (exact) mass is 276 g/mol. The third-order valence-corrected chi connectivity index (χ3v) is 3.73. The molecule has 5 heteroatoms. The molecule has 0 aliphatic rings. The Bertz CT molecular complexity index is 552. The molecule has 3 N–H and O–H groups in total. The Morgan fingerprint density at radius 2 is 2.10 bits per heavy atom. The third-order valence-electron chi connectivity index (χ3n) is 3.73. The van der Waals surface area contributed by atoms with E-state index in [2.05, 4.69) is 28.0 Å². The summed E-state index contributed by atoms with van der Waals surface area (Å²) in [7, 11) is 2.04. The zero-order valence-electron chi connectivity index (χ0n) is 12.5. The predicted octanol–water partition coefficient (Wildman–Crippen LogP) is 1.76. The number of imidazole rings is 1. The summed E-state index contributed by atoms with van der Waals surface area (Å²) in [6, 6.07) is 8.21. The topological polar surface area (TPSA) is 65.1 Å². The normalized spacial score (nSPS) is 14.6. The molecule has 0 radical (unpaired) electrons. The first-order valence-electron chi connectivity index (χ1n) is 7.19. The number of nitrogens with two attached hydrogens (primary N) is 1. The second-order valence-electron chi connectivity index (χ2n) is 4.96. The molecule has 0 aliphatic heterocycles. The van der Waals surface area contributed by atoms with Crippen LogP contribution in [0.2, 0.25) is 0 Å². The number of nitrogens with zero attached hydrogens (tertiary/aromatic N) is 2. The standard InChI is InChI=1S/C15H24N4O/c1-4-14(20-5-2)12(18-16)10-15-17-11-8-6-7-9-13(11)19(15)3/h6-9,12,14,18H,4-5,10,16H2,1-3H3. The fraction of sp³-hybridized carbons (Fsp3) is 0.533. The molecule has 0 saturated heterocycles. The van der Waals surface area contributed by atoms with Gasteiger partial charge in [-0.1, -0.05) is 19.1 Å². The number of hydrazine groups is 1. The number of aromatic nitrogens is 2. The van der Waals surface area contributed by atoms with Crippen molar-refractivity contribution in [2.24, 2.45) is 12.9 Å². The van der Waals surface area contributed by atoms with Gasteiger partial charge < -0.3 is 9.30 Å². The van der Waals surface area contributed by atoms with Crippen LogP contribution in [0.15, 0.2) is 24.3 Å². The maximum absolute atomic E-state index is 5.75. The van der Waals surface area contributed by atoms with Gasteiger partial charge in [0.15, 0.2) is 0 Å². The van der Waals surface area contributed by atoms with E-state index in [1.54, 1.807) is 0 Å². The van der Waals surface area contributed by atoms with Crippen molar-refractivity contribution in [2.75, 3.05) is 6.61 Å². The number of fused-ring (bicyclic) bond motifs is 1. The summed E-state index contributed by atoms with van der Waals surface area (Å²) >= 11 is 0. The Morgan fingerprint density at radius 3 is 2.70 bits per heavy atom. The van der Waals surface area contributed by atoms with Crippen LogP contribution in [-0.4, -0.2) is 28.3 Å². The molecular weight excluding hydrogens is 252 g/mol. The molecule has 5 nitrogen and oxygen atoms in total. The highest BCUT2D eigenvalue weighted by atomic mass is 16.5. The van der Waals surface area contributed by atoms with Gasteiger partial charge in [-0.3, -0.25) is 11.3 Å². The van der Waals surface area contributed by atoms with E-state index in [0.717, 1.165) is 29.7 Å². The van der Waals surface area contributed by atoms with E-state index in [0.29, 0.717) is 6.61 Å². The first-order chi connectivity index (χ1) is 9.71. The lowest BCUT2D eigenvalue weighted by atomic mass is 10.1. The maximum atomic E-state index is 5.75. The Hall–Kier alpha value is -1.43. The number of benzene rings is 1. The summed E-state index contributed by atoms with van der Waals surface area (Å²) in [6.07, 6.45) is 1.78. The van der Waals surface area contributed by atoms with Crippen molar-refractivity contribution < 1.29 is 4.74 Å². The lowest BCUT2D eigenvalue weighted by Gasteiger charge is -2.25. The van der Waals surface area contributed by atoms with Gasteiger partial charge in [0, 0.05) is 20.1 Å². The highest BCUT2D eigenvalue weighted by molar-refractivity contribution is 5.75. The summed E-state index contributed by atoms with van der Waals surface area (Å²) in [5.74, 6) is 6.73. The van der Waals surface area contributed by atoms with Crippen LogP contribution < -0.4 is 11.3 Å². The van der Waals surface area contributed by atoms with E-state index >= 15 is 0 Å². The molecule has 0 aliphatic carbocycles. The number of rotatable bonds is 7. The number of nitrogens with one attached hydrogen (secondary N) is 1. The molecule has 1 aromatic carbocycles. The predicted molar refractivity (Wildman–Crippen MR) is 81.2 cm³/mol. The Labute approximate surface area is 120 Å². The maximum Gasteiger partial charge on any atom is 0.111 e. The molecule has 2 unspecified atom stereocenters. The van der Waals surface area contributed by atoms with E-state index in [9.17, 15) is 0 Å². The molecule has 0 saturated carbocycles. The summed E-state index contributed by atoms with van der Waals surface area (Å²) in [4.78, 5) is 4.69. The average Bonchev–Trinajstić information content (AvgIpc) is 2.79. The van der Waals surface area contributed by atoms with Crippen LogP contribution in [0.4, 0.5) is 0 Å². The van der Waals surface area contributed by atoms with Crippen LogP contribution in [-0.2, 0) is 18.2 Å². The summed E-state index contributed by atoms with van der Waals surface area (Å²) in [5, 5.41) is 0. The van der Waals surface area contributed by atoms with Crippen molar-refractivity contribution in [3.63, 3.8) is 0 Å². The zero-order chi connectivity index (χ0) is 14.5. The molecule has 0 spiro atoms. The van der Waals surface area contributed by atoms with Crippen molar-refractivity contribution in [1.82, 2.24) is 15.0 Å². The fourth-order valence-corrected chi connectivity index (χ4v) is 2.60. The number of ether oxygens (including phenoxy) is 1. The van der Waals surface area contributed by atoms with Gasteiger partial charge in [-0.25, -0.2) is 4.98 Å². The molecule has 2 rings (SSSR count). The van der Waals surface area contributed by atoms with E-state index in [1.165, 1.54) is 0 Å². The minimum atomic E-state index is 0.0652. The van der Waals surface area contributed by atoms with Gasteiger partial charge in [0.05, 0.1) is 23.2 Å². The third kappa shape index (κ3) is 3.00. The van der Waals surface area contributed by atoms with Gasteiger partial charge in [0.2, 0.25) is 0 Å². The van der Waals surface area contributed by atoms with Gasteiger partial charge in [0.25, 0.3) is 0 Å². The minimum absolute atomic E-state index is 0.0652. The molecule has 1 aromatic heterocycles. The number of aryl methyl sites for hydroxylation is 1. The van der Waals surface area contributed by atoms with Crippen molar-refractivity contribution in [1.29, 1.82) is 0 Å². The van der Waals surface area contributed by atoms with E-state index in [-0.39, 0.29) is 12.1 Å². The summed E-state index contributed by atoms with van der Waals surface area (Å²) < 4.78 is 7.87. The highest BCUT2D eigenvalue weighted by Crippen LogP contribution is 2.17. The van der Waals surface area contributed by atoms with Crippen LogP contribution in [0, 0.1) is 0 Å². The first-order valence-corrected chi connectivity index (χ1v) is 7.19. The zero-order valence-corrected chi connectivity index (χ0v) is 12.5. The first kappa shape index (κ1) is 15.0. The van der Waals surface area contributed by atoms with Gasteiger partial charge in [-0.2, -0.15) is 0 Å². The lowest BCUT2D eigenvalue weighted by molar-refractivity contribution is 0.0313. The van der Waals surface area contributed by atoms with Crippen molar-refractivity contribution in [3.8, 4) is 0 Å². The molecule has 0 amide bonds. The highest BCUT2D eigenvalue weighted by Gasteiger charge is 2.22. The van der Waals surface area contributed by atoms with Crippen molar-refractivity contribution >= 4 is 11.0 Å². The Morgan fingerprint density at radius 1 is 1.35 bits per heavy atom. The molecule has 0 fully saturated rings. The van der Waals surface area contributed by atoms with E-state index in [4.69, 9.17) is 10.6 Å². The molecule has 1 heterocycles. The van der Waals surface area contributed by atoms with Gasteiger partial charge in [-0.05, 0) is 25.5 Å². The van der Waals surface area contributed by atoms with Gasteiger partial charge in [-0.15, -0.1) is 0 Å².